The standard InChI is InChI=1S/C26H37FN4O4S/c1-6-8-17-28-26(33)23(7-2)30(18-21-14-10-9-13-20(21)3)25(32)19-31(36(34,35)29(4)5)24-16-12-11-15-22(24)27/h9-16,23H,6-8,17-19H2,1-5H3,(H,28,33)/t23-/m0/s1. The number of unbranched alkanes of at least 4 members (excludes halogenated alkanes) is 1. The lowest BCUT2D eigenvalue weighted by molar-refractivity contribution is -0.140. The van der Waals surface area contributed by atoms with E-state index in [4.69, 9.17) is 0 Å². The Morgan fingerprint density at radius 1 is 1.03 bits per heavy atom. The van der Waals surface area contributed by atoms with Crippen molar-refractivity contribution in [1.29, 1.82) is 0 Å². The summed E-state index contributed by atoms with van der Waals surface area (Å²) in [7, 11) is -1.59. The number of hydrogen-bond acceptors (Lipinski definition) is 4. The minimum absolute atomic E-state index is 0.109. The van der Waals surface area contributed by atoms with Crippen LogP contribution in [0.15, 0.2) is 48.5 Å². The van der Waals surface area contributed by atoms with Gasteiger partial charge in [-0.1, -0.05) is 56.7 Å². The highest BCUT2D eigenvalue weighted by molar-refractivity contribution is 7.90. The quantitative estimate of drug-likeness (QED) is 0.410. The molecule has 0 aliphatic heterocycles. The van der Waals surface area contributed by atoms with Gasteiger partial charge in [0.05, 0.1) is 5.69 Å². The van der Waals surface area contributed by atoms with E-state index in [0.717, 1.165) is 38.6 Å². The molecule has 10 heteroatoms. The molecular weight excluding hydrogens is 483 g/mol. The number of nitrogens with one attached hydrogen (secondary N) is 1. The van der Waals surface area contributed by atoms with E-state index >= 15 is 0 Å². The molecule has 0 saturated heterocycles. The van der Waals surface area contributed by atoms with Crippen LogP contribution in [0.3, 0.4) is 0 Å². The number of aryl methyl sites for hydroxylation is 1. The van der Waals surface area contributed by atoms with Gasteiger partial charge < -0.3 is 10.2 Å². The average molecular weight is 521 g/mol. The monoisotopic (exact) mass is 520 g/mol. The Balaban J connectivity index is 2.50. The molecule has 2 aromatic rings. The highest BCUT2D eigenvalue weighted by atomic mass is 32.2. The van der Waals surface area contributed by atoms with Gasteiger partial charge in [-0.05, 0) is 43.0 Å². The number of carbonyl (C=O) groups excluding carboxylic acids is 2. The highest BCUT2D eigenvalue weighted by Gasteiger charge is 2.34. The fraction of sp³-hybridized carbons (Fsp3) is 0.462. The van der Waals surface area contributed by atoms with E-state index in [2.05, 4.69) is 5.32 Å². The molecule has 8 nitrogen and oxygen atoms in total. The van der Waals surface area contributed by atoms with Crippen LogP contribution in [-0.2, 0) is 26.3 Å². The number of amides is 2. The molecule has 36 heavy (non-hydrogen) atoms. The summed E-state index contributed by atoms with van der Waals surface area (Å²) in [6.07, 6.45) is 2.04. The molecule has 0 radical (unpaired) electrons. The number of benzene rings is 2. The summed E-state index contributed by atoms with van der Waals surface area (Å²) < 4.78 is 42.6. The van der Waals surface area contributed by atoms with Crippen LogP contribution in [0.4, 0.5) is 10.1 Å². The molecule has 0 spiro atoms. The smallest absolute Gasteiger partial charge is 0.304 e. The van der Waals surface area contributed by atoms with Gasteiger partial charge in [-0.2, -0.15) is 12.7 Å². The minimum atomic E-state index is -4.22. The largest absolute Gasteiger partial charge is 0.354 e. The van der Waals surface area contributed by atoms with Crippen molar-refractivity contribution in [2.24, 2.45) is 0 Å². The van der Waals surface area contributed by atoms with Crippen molar-refractivity contribution in [3.63, 3.8) is 0 Å². The van der Waals surface area contributed by atoms with E-state index in [1.807, 2.05) is 38.1 Å². The molecule has 2 amide bonds. The molecule has 2 rings (SSSR count). The number of nitrogens with zero attached hydrogens (tertiary/aromatic N) is 3. The van der Waals surface area contributed by atoms with E-state index < -0.39 is 34.5 Å². The molecule has 0 bridgehead atoms. The predicted octanol–water partition coefficient (Wildman–Crippen LogP) is 3.47. The van der Waals surface area contributed by atoms with E-state index in [1.54, 1.807) is 6.92 Å². The Bertz CT molecular complexity index is 1140. The normalized spacial score (nSPS) is 12.3. The number of anilines is 1. The zero-order chi connectivity index (χ0) is 26.9. The second kappa shape index (κ2) is 13.4. The second-order valence-electron chi connectivity index (χ2n) is 8.76. The van der Waals surface area contributed by atoms with Gasteiger partial charge in [0.1, 0.15) is 18.4 Å². The van der Waals surface area contributed by atoms with Crippen LogP contribution < -0.4 is 9.62 Å². The lowest BCUT2D eigenvalue weighted by Crippen LogP contribution is -2.53. The summed E-state index contributed by atoms with van der Waals surface area (Å²) in [5, 5.41) is 2.88. The van der Waals surface area contributed by atoms with Gasteiger partial charge in [-0.3, -0.25) is 9.59 Å². The third kappa shape index (κ3) is 7.27. The summed E-state index contributed by atoms with van der Waals surface area (Å²) in [5.41, 5.74) is 1.53. The van der Waals surface area contributed by atoms with Crippen LogP contribution >= 0.6 is 0 Å². The first-order valence-electron chi connectivity index (χ1n) is 12.1. The number of hydrogen-bond donors (Lipinski definition) is 1. The second-order valence-corrected chi connectivity index (χ2v) is 10.8. The van der Waals surface area contributed by atoms with E-state index in [9.17, 15) is 22.4 Å². The number of carbonyl (C=O) groups is 2. The molecule has 0 unspecified atom stereocenters. The molecule has 0 aliphatic rings. The van der Waals surface area contributed by atoms with E-state index in [-0.39, 0.29) is 18.1 Å². The van der Waals surface area contributed by atoms with Crippen molar-refractivity contribution in [2.45, 2.75) is 52.6 Å². The van der Waals surface area contributed by atoms with Crippen molar-refractivity contribution in [3.05, 3.63) is 65.5 Å². The lowest BCUT2D eigenvalue weighted by Gasteiger charge is -2.34. The topological polar surface area (TPSA) is 90.0 Å². The van der Waals surface area contributed by atoms with Gasteiger partial charge in [0.15, 0.2) is 0 Å². The van der Waals surface area contributed by atoms with Gasteiger partial charge in [0, 0.05) is 27.2 Å². The van der Waals surface area contributed by atoms with Crippen molar-refractivity contribution in [1.82, 2.24) is 14.5 Å². The molecule has 1 N–H and O–H groups in total. The SMILES string of the molecule is CCCCNC(=O)[C@H](CC)N(Cc1ccccc1C)C(=O)CN(c1ccccc1F)S(=O)(=O)N(C)C. The van der Waals surface area contributed by atoms with Crippen molar-refractivity contribution >= 4 is 27.7 Å². The summed E-state index contributed by atoms with van der Waals surface area (Å²) in [6, 6.07) is 12.1. The molecule has 1 atom stereocenters. The average Bonchev–Trinajstić information content (AvgIpc) is 2.84. The molecule has 0 fully saturated rings. The van der Waals surface area contributed by atoms with Crippen LogP contribution in [0.2, 0.25) is 0 Å². The molecule has 2 aromatic carbocycles. The van der Waals surface area contributed by atoms with E-state index in [0.29, 0.717) is 13.0 Å². The number of halogens is 1. The fourth-order valence-electron chi connectivity index (χ4n) is 3.75. The maximum absolute atomic E-state index is 14.7. The van der Waals surface area contributed by atoms with Crippen LogP contribution in [0.1, 0.15) is 44.2 Å². The maximum atomic E-state index is 14.7. The Labute approximate surface area is 214 Å². The third-order valence-corrected chi connectivity index (χ3v) is 7.76. The predicted molar refractivity (Wildman–Crippen MR) is 140 cm³/mol. The molecule has 0 aromatic heterocycles. The van der Waals surface area contributed by atoms with Crippen molar-refractivity contribution < 1.29 is 22.4 Å². The summed E-state index contributed by atoms with van der Waals surface area (Å²) in [6.45, 7) is 5.65. The first-order valence-corrected chi connectivity index (χ1v) is 13.5. The van der Waals surface area contributed by atoms with Gasteiger partial charge in [0.2, 0.25) is 11.8 Å². The molecule has 198 valence electrons. The minimum Gasteiger partial charge on any atom is -0.354 e. The summed E-state index contributed by atoms with van der Waals surface area (Å²) >= 11 is 0. The molecule has 0 saturated carbocycles. The molecular formula is C26H37FN4O4S. The van der Waals surface area contributed by atoms with Crippen molar-refractivity contribution in [2.75, 3.05) is 31.5 Å². The summed E-state index contributed by atoms with van der Waals surface area (Å²) in [5.74, 6) is -1.68. The van der Waals surface area contributed by atoms with Crippen molar-refractivity contribution in [3.8, 4) is 0 Å². The van der Waals surface area contributed by atoms with Gasteiger partial charge in [-0.25, -0.2) is 8.70 Å². The van der Waals surface area contributed by atoms with Gasteiger partial charge >= 0.3 is 10.2 Å². The van der Waals surface area contributed by atoms with Gasteiger partial charge in [0.25, 0.3) is 0 Å². The molecule has 0 aliphatic carbocycles. The Kier molecular flexibility index (Phi) is 10.9. The Hall–Kier alpha value is -2.98. The first-order chi connectivity index (χ1) is 17.0. The zero-order valence-electron chi connectivity index (χ0n) is 21.7. The molecule has 0 heterocycles. The van der Waals surface area contributed by atoms with Crippen LogP contribution in [0.25, 0.3) is 0 Å². The third-order valence-electron chi connectivity index (χ3n) is 5.96. The zero-order valence-corrected chi connectivity index (χ0v) is 22.5. The highest BCUT2D eigenvalue weighted by Crippen LogP contribution is 2.24. The maximum Gasteiger partial charge on any atom is 0.304 e. The Morgan fingerprint density at radius 3 is 2.25 bits per heavy atom. The Morgan fingerprint density at radius 2 is 1.67 bits per heavy atom. The lowest BCUT2D eigenvalue weighted by atomic mass is 10.1. The van der Waals surface area contributed by atoms with Crippen LogP contribution in [0.5, 0.6) is 0 Å². The number of para-hydroxylation sites is 1. The fourth-order valence-corrected chi connectivity index (χ4v) is 4.82. The first kappa shape index (κ1) is 29.3. The summed E-state index contributed by atoms with van der Waals surface area (Å²) in [4.78, 5) is 28.2. The van der Waals surface area contributed by atoms with Crippen LogP contribution in [-0.4, -0.2) is 62.7 Å². The van der Waals surface area contributed by atoms with Crippen LogP contribution in [0, 0.1) is 12.7 Å². The number of rotatable bonds is 13. The van der Waals surface area contributed by atoms with E-state index in [1.165, 1.54) is 37.2 Å². The van der Waals surface area contributed by atoms with Gasteiger partial charge in [-0.15, -0.1) is 0 Å².